The second kappa shape index (κ2) is 7.68. The molecule has 2 heterocycles. The van der Waals surface area contributed by atoms with Gasteiger partial charge in [-0.3, -0.25) is 9.59 Å². The number of carbonyl (C=O) groups is 2. The molecule has 0 spiro atoms. The average molecular weight is 457 g/mol. The molecule has 2 bridgehead atoms. The summed E-state index contributed by atoms with van der Waals surface area (Å²) in [4.78, 5) is 30.5. The third-order valence-corrected chi connectivity index (χ3v) is 8.62. The molecule has 1 atom stereocenters. The van der Waals surface area contributed by atoms with Crippen LogP contribution in [0, 0.1) is 10.8 Å². The van der Waals surface area contributed by atoms with Gasteiger partial charge in [0.25, 0.3) is 5.91 Å². The fourth-order valence-corrected chi connectivity index (χ4v) is 6.65. The number of alkyl halides is 2. The highest BCUT2D eigenvalue weighted by Gasteiger charge is 2.70. The standard InChI is InChI=1S/C20H25F2N3O5S/c1-2-19-10-20(11-19,12-19)17(27)25-7-3-4-14(9-25)31(28,29)24-16(26)13-5-6-15(23-8-13)30-18(21)22/h5-6,8,14,18H,2-4,7,9-12H2,1H3,(H,24,26). The lowest BCUT2D eigenvalue weighted by atomic mass is 9.34. The summed E-state index contributed by atoms with van der Waals surface area (Å²) < 4.78 is 56.1. The van der Waals surface area contributed by atoms with Crippen LogP contribution in [-0.4, -0.2) is 55.1 Å². The van der Waals surface area contributed by atoms with Crippen molar-refractivity contribution in [2.45, 2.75) is 57.3 Å². The first-order chi connectivity index (χ1) is 14.6. The van der Waals surface area contributed by atoms with Crippen LogP contribution in [0.2, 0.25) is 0 Å². The van der Waals surface area contributed by atoms with Crippen molar-refractivity contribution in [2.24, 2.45) is 10.8 Å². The third-order valence-electron chi connectivity index (χ3n) is 6.89. The molecule has 5 rings (SSSR count). The first-order valence-electron chi connectivity index (χ1n) is 10.3. The molecule has 8 nitrogen and oxygen atoms in total. The molecule has 0 radical (unpaired) electrons. The van der Waals surface area contributed by atoms with Crippen molar-refractivity contribution in [3.05, 3.63) is 23.9 Å². The molecule has 1 aromatic heterocycles. The fourth-order valence-electron chi connectivity index (χ4n) is 5.26. The van der Waals surface area contributed by atoms with Crippen molar-refractivity contribution in [1.82, 2.24) is 14.6 Å². The molecule has 11 heteroatoms. The minimum Gasteiger partial charge on any atom is -0.417 e. The smallest absolute Gasteiger partial charge is 0.388 e. The maximum atomic E-state index is 13.0. The lowest BCUT2D eigenvalue weighted by molar-refractivity contribution is -0.217. The summed E-state index contributed by atoms with van der Waals surface area (Å²) in [6.07, 6.45) is 5.58. The summed E-state index contributed by atoms with van der Waals surface area (Å²) in [5.41, 5.74) is -0.0966. The predicted molar refractivity (Wildman–Crippen MR) is 106 cm³/mol. The Labute approximate surface area is 179 Å². The zero-order valence-corrected chi connectivity index (χ0v) is 18.0. The molecule has 0 aromatic carbocycles. The normalized spacial score (nSPS) is 29.7. The maximum Gasteiger partial charge on any atom is 0.388 e. The van der Waals surface area contributed by atoms with E-state index in [1.54, 1.807) is 4.90 Å². The van der Waals surface area contributed by atoms with Gasteiger partial charge in [0, 0.05) is 25.4 Å². The number of hydrogen-bond donors (Lipinski definition) is 1. The first-order valence-corrected chi connectivity index (χ1v) is 11.9. The first kappa shape index (κ1) is 21.9. The van der Waals surface area contributed by atoms with Crippen LogP contribution in [0.25, 0.3) is 0 Å². The number of carbonyl (C=O) groups excluding carboxylic acids is 2. The number of rotatable bonds is 7. The molecule has 4 fully saturated rings. The molecular formula is C20H25F2N3O5S. The van der Waals surface area contributed by atoms with Crippen molar-refractivity contribution in [3.8, 4) is 5.88 Å². The lowest BCUT2D eigenvalue weighted by Gasteiger charge is -2.70. The molecule has 31 heavy (non-hydrogen) atoms. The number of nitrogens with zero attached hydrogens (tertiary/aromatic N) is 2. The summed E-state index contributed by atoms with van der Waals surface area (Å²) in [6.45, 7) is -0.340. The van der Waals surface area contributed by atoms with Crippen molar-refractivity contribution < 1.29 is 31.5 Å². The second-order valence-electron chi connectivity index (χ2n) is 8.92. The Bertz CT molecular complexity index is 963. The van der Waals surface area contributed by atoms with Crippen molar-refractivity contribution >= 4 is 21.8 Å². The Kier molecular flexibility index (Phi) is 5.43. The van der Waals surface area contributed by atoms with Gasteiger partial charge in [-0.15, -0.1) is 0 Å². The molecule has 1 saturated heterocycles. The van der Waals surface area contributed by atoms with Crippen LogP contribution in [0.5, 0.6) is 5.88 Å². The Morgan fingerprint density at radius 3 is 2.61 bits per heavy atom. The zero-order valence-electron chi connectivity index (χ0n) is 17.1. The van der Waals surface area contributed by atoms with E-state index in [-0.39, 0.29) is 29.3 Å². The van der Waals surface area contributed by atoms with E-state index in [1.807, 2.05) is 4.72 Å². The summed E-state index contributed by atoms with van der Waals surface area (Å²) >= 11 is 0. The van der Waals surface area contributed by atoms with Crippen LogP contribution in [0.4, 0.5) is 8.78 Å². The number of hydrogen-bond acceptors (Lipinski definition) is 6. The van der Waals surface area contributed by atoms with Crippen molar-refractivity contribution in [3.63, 3.8) is 0 Å². The number of piperidine rings is 1. The summed E-state index contributed by atoms with van der Waals surface area (Å²) in [6, 6.07) is 2.21. The lowest BCUT2D eigenvalue weighted by Crippen LogP contribution is -2.68. The maximum absolute atomic E-state index is 13.0. The number of aromatic nitrogens is 1. The largest absolute Gasteiger partial charge is 0.417 e. The summed E-state index contributed by atoms with van der Waals surface area (Å²) in [5.74, 6) is -1.26. The van der Waals surface area contributed by atoms with Gasteiger partial charge in [0.1, 0.15) is 0 Å². The van der Waals surface area contributed by atoms with Gasteiger partial charge < -0.3 is 9.64 Å². The highest BCUT2D eigenvalue weighted by molar-refractivity contribution is 7.90. The van der Waals surface area contributed by atoms with Crippen molar-refractivity contribution in [1.29, 1.82) is 0 Å². The third kappa shape index (κ3) is 3.99. The molecule has 1 unspecified atom stereocenters. The van der Waals surface area contributed by atoms with E-state index in [0.29, 0.717) is 24.8 Å². The Balaban J connectivity index is 1.37. The van der Waals surface area contributed by atoms with Gasteiger partial charge in [-0.05, 0) is 43.6 Å². The zero-order chi connectivity index (χ0) is 22.4. The number of pyridine rings is 1. The van der Waals surface area contributed by atoms with Gasteiger partial charge in [-0.2, -0.15) is 8.78 Å². The van der Waals surface area contributed by atoms with Gasteiger partial charge >= 0.3 is 6.61 Å². The van der Waals surface area contributed by atoms with Crippen LogP contribution in [0.15, 0.2) is 18.3 Å². The number of likely N-dealkylation sites (tertiary alicyclic amines) is 1. The number of ether oxygens (including phenoxy) is 1. The minimum atomic E-state index is -4.04. The molecule has 3 saturated carbocycles. The van der Waals surface area contributed by atoms with Gasteiger partial charge in [-0.1, -0.05) is 13.3 Å². The van der Waals surface area contributed by atoms with Gasteiger partial charge in [0.15, 0.2) is 0 Å². The predicted octanol–water partition coefficient (Wildman–Crippen LogP) is 2.31. The molecule has 3 aliphatic carbocycles. The fraction of sp³-hybridized carbons (Fsp3) is 0.650. The molecule has 2 amide bonds. The van der Waals surface area contributed by atoms with E-state index in [2.05, 4.69) is 16.6 Å². The molecule has 4 aliphatic rings. The SMILES string of the molecule is CCC12CC(C(=O)N3CCCC(S(=O)(=O)NC(=O)c4ccc(OC(F)F)nc4)C3)(C1)C2. The average Bonchev–Trinajstić information content (AvgIpc) is 2.66. The van der Waals surface area contributed by atoms with E-state index in [1.165, 1.54) is 0 Å². The van der Waals surface area contributed by atoms with Gasteiger partial charge in [0.2, 0.25) is 21.8 Å². The van der Waals surface area contributed by atoms with E-state index >= 15 is 0 Å². The van der Waals surface area contributed by atoms with E-state index in [0.717, 1.165) is 44.0 Å². The van der Waals surface area contributed by atoms with Crippen LogP contribution in [-0.2, 0) is 14.8 Å². The topological polar surface area (TPSA) is 106 Å². The number of sulfonamides is 1. The summed E-state index contributed by atoms with van der Waals surface area (Å²) in [7, 11) is -4.04. The van der Waals surface area contributed by atoms with Crippen LogP contribution in [0.3, 0.4) is 0 Å². The van der Waals surface area contributed by atoms with Gasteiger partial charge in [0.05, 0.1) is 16.2 Å². The molecule has 1 N–H and O–H groups in total. The van der Waals surface area contributed by atoms with Crippen LogP contribution in [0.1, 0.15) is 55.8 Å². The van der Waals surface area contributed by atoms with E-state index in [4.69, 9.17) is 0 Å². The van der Waals surface area contributed by atoms with Crippen molar-refractivity contribution in [2.75, 3.05) is 13.1 Å². The highest BCUT2D eigenvalue weighted by atomic mass is 32.2. The molecule has 1 aliphatic heterocycles. The Morgan fingerprint density at radius 2 is 2.03 bits per heavy atom. The Hall–Kier alpha value is -2.30. The molecular weight excluding hydrogens is 432 g/mol. The molecule has 1 aromatic rings. The van der Waals surface area contributed by atoms with E-state index in [9.17, 15) is 26.8 Å². The molecule has 170 valence electrons. The second-order valence-corrected chi connectivity index (χ2v) is 10.9. The quantitative estimate of drug-likeness (QED) is 0.674. The summed E-state index contributed by atoms with van der Waals surface area (Å²) in [5, 5.41) is -0.893. The van der Waals surface area contributed by atoms with Gasteiger partial charge in [-0.25, -0.2) is 18.1 Å². The van der Waals surface area contributed by atoms with Crippen LogP contribution >= 0.6 is 0 Å². The Morgan fingerprint density at radius 1 is 1.32 bits per heavy atom. The number of amides is 2. The minimum absolute atomic E-state index is 0.0351. The number of halogens is 2. The highest BCUT2D eigenvalue weighted by Crippen LogP contribution is 2.75. The number of nitrogens with one attached hydrogen (secondary N) is 1. The monoisotopic (exact) mass is 457 g/mol. The van der Waals surface area contributed by atoms with Crippen LogP contribution < -0.4 is 9.46 Å². The van der Waals surface area contributed by atoms with E-state index < -0.39 is 27.8 Å².